The molecule has 0 spiro atoms. The van der Waals surface area contributed by atoms with Crippen molar-refractivity contribution in [3.8, 4) is 0 Å². The lowest BCUT2D eigenvalue weighted by molar-refractivity contribution is -0.149. The van der Waals surface area contributed by atoms with E-state index in [2.05, 4.69) is 0 Å². The summed E-state index contributed by atoms with van der Waals surface area (Å²) in [4.78, 5) is 10.9. The summed E-state index contributed by atoms with van der Waals surface area (Å²) in [6.45, 7) is 6.05. The van der Waals surface area contributed by atoms with Crippen LogP contribution in [0.15, 0.2) is 0 Å². The summed E-state index contributed by atoms with van der Waals surface area (Å²) in [7, 11) is 0. The molecule has 0 atom stereocenters. The quantitative estimate of drug-likeness (QED) is 0.575. The highest BCUT2D eigenvalue weighted by Gasteiger charge is 2.08. The van der Waals surface area contributed by atoms with Gasteiger partial charge in [-0.2, -0.15) is 0 Å². The summed E-state index contributed by atoms with van der Waals surface area (Å²) < 4.78 is 5.15. The predicted molar refractivity (Wildman–Crippen MR) is 45.4 cm³/mol. The fourth-order valence-corrected chi connectivity index (χ4v) is 0.904. The van der Waals surface area contributed by atoms with Gasteiger partial charge in [0.15, 0.2) is 0 Å². The number of ether oxygens (including phenoxy) is 1. The average Bonchev–Trinajstić information content (AvgIpc) is 2.01. The minimum Gasteiger partial charge on any atom is -0.462 e. The Labute approximate surface area is 68.9 Å². The van der Waals surface area contributed by atoms with E-state index in [1.54, 1.807) is 0 Å². The molecule has 0 N–H and O–H groups in total. The number of carbonyl (C=O) groups is 1. The second-order valence-corrected chi connectivity index (χ2v) is 2.68. The summed E-state index contributed by atoms with van der Waals surface area (Å²) in [5.41, 5.74) is 0. The van der Waals surface area contributed by atoms with Crippen molar-refractivity contribution in [2.24, 2.45) is 0 Å². The number of carbonyl (C=O) groups excluding carboxylic acids is 1. The van der Waals surface area contributed by atoms with Crippen molar-refractivity contribution in [1.29, 1.82) is 0 Å². The van der Waals surface area contributed by atoms with Gasteiger partial charge in [-0.3, -0.25) is 4.79 Å². The van der Waals surface area contributed by atoms with Crippen LogP contribution in [-0.2, 0) is 9.53 Å². The van der Waals surface area contributed by atoms with Gasteiger partial charge < -0.3 is 4.74 Å². The summed E-state index contributed by atoms with van der Waals surface area (Å²) in [6.07, 6.45) is 3.40. The normalized spacial score (nSPS) is 10.2. The molecule has 0 radical (unpaired) electrons. The maximum absolute atomic E-state index is 10.9. The molecule has 0 aromatic rings. The average molecular weight is 158 g/mol. The van der Waals surface area contributed by atoms with E-state index in [0.717, 1.165) is 19.3 Å². The highest BCUT2D eigenvalue weighted by Crippen LogP contribution is 2.04. The summed E-state index contributed by atoms with van der Waals surface area (Å²) in [6, 6.07) is 0. The van der Waals surface area contributed by atoms with Crippen molar-refractivity contribution in [2.75, 3.05) is 0 Å². The number of hydrogen-bond donors (Lipinski definition) is 0. The third kappa shape index (κ3) is 4.82. The van der Waals surface area contributed by atoms with E-state index in [0.29, 0.717) is 6.42 Å². The molecular formula is C9H18O2. The van der Waals surface area contributed by atoms with Crippen molar-refractivity contribution < 1.29 is 9.53 Å². The standard InChI is InChI=1S/C9H18O2/c1-4-7-9(10)11-8(5-2)6-3/h8H,4-7H2,1-3H3. The van der Waals surface area contributed by atoms with E-state index < -0.39 is 0 Å². The van der Waals surface area contributed by atoms with Gasteiger partial charge in [0.2, 0.25) is 0 Å². The molecule has 0 amide bonds. The number of hydrogen-bond acceptors (Lipinski definition) is 2. The van der Waals surface area contributed by atoms with Crippen LogP contribution >= 0.6 is 0 Å². The first-order valence-electron chi connectivity index (χ1n) is 4.44. The Morgan fingerprint density at radius 1 is 1.27 bits per heavy atom. The van der Waals surface area contributed by atoms with Crippen LogP contribution in [0.3, 0.4) is 0 Å². The monoisotopic (exact) mass is 158 g/mol. The van der Waals surface area contributed by atoms with Crippen LogP contribution in [0.5, 0.6) is 0 Å². The van der Waals surface area contributed by atoms with Crippen molar-refractivity contribution in [1.82, 2.24) is 0 Å². The molecular weight excluding hydrogens is 140 g/mol. The molecule has 0 fully saturated rings. The first-order chi connectivity index (χ1) is 5.24. The molecule has 0 saturated heterocycles. The maximum Gasteiger partial charge on any atom is 0.306 e. The fourth-order valence-electron chi connectivity index (χ4n) is 0.904. The van der Waals surface area contributed by atoms with Crippen molar-refractivity contribution >= 4 is 5.97 Å². The lowest BCUT2D eigenvalue weighted by atomic mass is 10.2. The Hall–Kier alpha value is -0.530. The zero-order valence-corrected chi connectivity index (χ0v) is 7.72. The zero-order chi connectivity index (χ0) is 8.69. The maximum atomic E-state index is 10.9. The van der Waals surface area contributed by atoms with Crippen molar-refractivity contribution in [3.63, 3.8) is 0 Å². The molecule has 2 heteroatoms. The molecule has 0 rings (SSSR count). The summed E-state index contributed by atoms with van der Waals surface area (Å²) in [5, 5.41) is 0. The molecule has 0 unspecified atom stereocenters. The van der Waals surface area contributed by atoms with Crippen molar-refractivity contribution in [2.45, 2.75) is 52.6 Å². The van der Waals surface area contributed by atoms with Gasteiger partial charge >= 0.3 is 5.97 Å². The van der Waals surface area contributed by atoms with E-state index in [1.165, 1.54) is 0 Å². The Kier molecular flexibility index (Phi) is 5.90. The highest BCUT2D eigenvalue weighted by molar-refractivity contribution is 5.69. The zero-order valence-electron chi connectivity index (χ0n) is 7.72. The molecule has 0 aromatic heterocycles. The third-order valence-corrected chi connectivity index (χ3v) is 1.66. The number of rotatable bonds is 5. The lowest BCUT2D eigenvalue weighted by Crippen LogP contribution is -2.15. The van der Waals surface area contributed by atoms with Crippen LogP contribution in [0.2, 0.25) is 0 Å². The minimum atomic E-state index is -0.0544. The van der Waals surface area contributed by atoms with Gasteiger partial charge in [0.05, 0.1) is 0 Å². The van der Waals surface area contributed by atoms with Crippen LogP contribution in [0.1, 0.15) is 46.5 Å². The lowest BCUT2D eigenvalue weighted by Gasteiger charge is -2.13. The van der Waals surface area contributed by atoms with E-state index in [9.17, 15) is 4.79 Å². The van der Waals surface area contributed by atoms with Crippen LogP contribution < -0.4 is 0 Å². The second kappa shape index (κ2) is 6.20. The first kappa shape index (κ1) is 10.5. The van der Waals surface area contributed by atoms with Gasteiger partial charge in [-0.05, 0) is 19.3 Å². The van der Waals surface area contributed by atoms with Crippen LogP contribution in [-0.4, -0.2) is 12.1 Å². The molecule has 11 heavy (non-hydrogen) atoms. The molecule has 0 aliphatic heterocycles. The molecule has 2 nitrogen and oxygen atoms in total. The van der Waals surface area contributed by atoms with Gasteiger partial charge in [0, 0.05) is 6.42 Å². The van der Waals surface area contributed by atoms with Crippen LogP contribution in [0.25, 0.3) is 0 Å². The first-order valence-corrected chi connectivity index (χ1v) is 4.44. The minimum absolute atomic E-state index is 0.0544. The molecule has 0 heterocycles. The molecule has 0 aliphatic carbocycles. The van der Waals surface area contributed by atoms with E-state index in [4.69, 9.17) is 4.74 Å². The van der Waals surface area contributed by atoms with Crippen LogP contribution in [0, 0.1) is 0 Å². The SMILES string of the molecule is CCCC(=O)OC(CC)CC. The van der Waals surface area contributed by atoms with E-state index >= 15 is 0 Å². The molecule has 66 valence electrons. The van der Waals surface area contributed by atoms with Gasteiger partial charge in [-0.25, -0.2) is 0 Å². The number of esters is 1. The second-order valence-electron chi connectivity index (χ2n) is 2.68. The molecule has 0 saturated carbocycles. The Morgan fingerprint density at radius 2 is 1.82 bits per heavy atom. The van der Waals surface area contributed by atoms with E-state index in [-0.39, 0.29) is 12.1 Å². The summed E-state index contributed by atoms with van der Waals surface area (Å²) >= 11 is 0. The topological polar surface area (TPSA) is 26.3 Å². The van der Waals surface area contributed by atoms with Gasteiger partial charge in [-0.15, -0.1) is 0 Å². The smallest absolute Gasteiger partial charge is 0.306 e. The molecule has 0 bridgehead atoms. The van der Waals surface area contributed by atoms with E-state index in [1.807, 2.05) is 20.8 Å². The molecule has 0 aliphatic rings. The van der Waals surface area contributed by atoms with Crippen LogP contribution in [0.4, 0.5) is 0 Å². The van der Waals surface area contributed by atoms with Gasteiger partial charge in [-0.1, -0.05) is 20.8 Å². The third-order valence-electron chi connectivity index (χ3n) is 1.66. The van der Waals surface area contributed by atoms with Gasteiger partial charge in [0.1, 0.15) is 6.10 Å². The largest absolute Gasteiger partial charge is 0.462 e. The Morgan fingerprint density at radius 3 is 2.18 bits per heavy atom. The summed E-state index contributed by atoms with van der Waals surface area (Å²) in [5.74, 6) is -0.0544. The predicted octanol–water partition coefficient (Wildman–Crippen LogP) is 2.52. The molecule has 0 aromatic carbocycles. The fraction of sp³-hybridized carbons (Fsp3) is 0.889. The highest BCUT2D eigenvalue weighted by atomic mass is 16.5. The van der Waals surface area contributed by atoms with Crippen molar-refractivity contribution in [3.05, 3.63) is 0 Å². The Balaban J connectivity index is 3.54. The Bertz CT molecular complexity index is 106. The van der Waals surface area contributed by atoms with Gasteiger partial charge in [0.25, 0.3) is 0 Å².